The highest BCUT2D eigenvalue weighted by Gasteiger charge is 2.37. The smallest absolute Gasteiger partial charge is 0.143 e. The molecule has 0 N–H and O–H groups in total. The van der Waals surface area contributed by atoms with Crippen LogP contribution in [0.4, 0.5) is 0 Å². The second-order valence-electron chi connectivity index (χ2n) is 14.8. The third-order valence-corrected chi connectivity index (χ3v) is 11.5. The van der Waals surface area contributed by atoms with Crippen molar-refractivity contribution in [3.8, 4) is 33.4 Å². The Labute approximate surface area is 304 Å². The minimum absolute atomic E-state index is 0.0975. The molecular weight excluding hydrogens is 629 g/mol. The van der Waals surface area contributed by atoms with Crippen molar-refractivity contribution in [1.29, 1.82) is 0 Å². The normalized spacial score (nSPS) is 13.7. The average Bonchev–Trinajstić information content (AvgIpc) is 3.69. The van der Waals surface area contributed by atoms with Gasteiger partial charge in [-0.1, -0.05) is 184 Å². The zero-order chi connectivity index (χ0) is 34.8. The average molecular weight is 667 g/mol. The van der Waals surface area contributed by atoms with Crippen LogP contribution >= 0.6 is 0 Å². The zero-order valence-corrected chi connectivity index (χ0v) is 29.4. The molecule has 0 amide bonds. The molecule has 0 saturated heterocycles. The maximum atomic E-state index is 6.42. The molecule has 0 radical (unpaired) electrons. The summed E-state index contributed by atoms with van der Waals surface area (Å²) in [6.07, 6.45) is 0.901. The summed E-state index contributed by atoms with van der Waals surface area (Å²) in [6.45, 7) is 4.78. The lowest BCUT2D eigenvalue weighted by Gasteiger charge is -2.24. The fourth-order valence-electron chi connectivity index (χ4n) is 8.89. The van der Waals surface area contributed by atoms with Gasteiger partial charge in [0.05, 0.1) is 0 Å². The quantitative estimate of drug-likeness (QED) is 0.172. The topological polar surface area (TPSA) is 13.1 Å². The Morgan fingerprint density at radius 2 is 1.17 bits per heavy atom. The Kier molecular flexibility index (Phi) is 7.05. The summed E-state index contributed by atoms with van der Waals surface area (Å²) in [4.78, 5) is 0. The lowest BCUT2D eigenvalue weighted by atomic mass is 9.79. The highest BCUT2D eigenvalue weighted by Crippen LogP contribution is 2.52. The van der Waals surface area contributed by atoms with Crippen molar-refractivity contribution in [2.75, 3.05) is 0 Å². The first-order valence-electron chi connectivity index (χ1n) is 18.4. The molecule has 1 heteroatoms. The molecule has 0 bridgehead atoms. The molecule has 1 unspecified atom stereocenters. The molecule has 0 fully saturated rings. The van der Waals surface area contributed by atoms with Gasteiger partial charge in [0.1, 0.15) is 11.2 Å². The summed E-state index contributed by atoms with van der Waals surface area (Å²) < 4.78 is 6.42. The van der Waals surface area contributed by atoms with Gasteiger partial charge >= 0.3 is 0 Å². The summed E-state index contributed by atoms with van der Waals surface area (Å²) in [7, 11) is 0. The second-order valence-corrected chi connectivity index (χ2v) is 14.8. The molecule has 1 heterocycles. The van der Waals surface area contributed by atoms with Gasteiger partial charge in [-0.05, 0) is 78.9 Å². The van der Waals surface area contributed by atoms with Crippen LogP contribution in [0.15, 0.2) is 180 Å². The Morgan fingerprint density at radius 1 is 0.500 bits per heavy atom. The summed E-state index contributed by atoms with van der Waals surface area (Å²) >= 11 is 0. The molecule has 0 saturated carbocycles. The number of fused-ring (bicyclic) bond motifs is 7. The summed E-state index contributed by atoms with van der Waals surface area (Å²) in [6, 6.07) is 64.5. The first-order chi connectivity index (χ1) is 25.5. The molecule has 1 nitrogen and oxygen atoms in total. The van der Waals surface area contributed by atoms with Gasteiger partial charge < -0.3 is 4.42 Å². The van der Waals surface area contributed by atoms with Gasteiger partial charge in [0.25, 0.3) is 0 Å². The van der Waals surface area contributed by atoms with Crippen molar-refractivity contribution in [2.24, 2.45) is 0 Å². The van der Waals surface area contributed by atoms with E-state index in [1.165, 1.54) is 60.8 Å². The van der Waals surface area contributed by atoms with Gasteiger partial charge in [-0.2, -0.15) is 0 Å². The molecule has 1 aliphatic carbocycles. The van der Waals surface area contributed by atoms with Gasteiger partial charge in [0.15, 0.2) is 0 Å². The third-order valence-electron chi connectivity index (χ3n) is 11.5. The fourth-order valence-corrected chi connectivity index (χ4v) is 8.89. The van der Waals surface area contributed by atoms with Crippen LogP contribution in [0.2, 0.25) is 0 Å². The van der Waals surface area contributed by atoms with E-state index in [2.05, 4.69) is 184 Å². The van der Waals surface area contributed by atoms with E-state index in [4.69, 9.17) is 4.42 Å². The fraction of sp³-hybridized carbons (Fsp3) is 0.0980. The summed E-state index contributed by atoms with van der Waals surface area (Å²) in [5.41, 5.74) is 16.2. The summed E-state index contributed by atoms with van der Waals surface area (Å²) in [5.74, 6) is 0.173. The molecular formula is C51H38O. The monoisotopic (exact) mass is 666 g/mol. The number of para-hydroxylation sites is 2. The Hall–Kier alpha value is -6.18. The minimum atomic E-state index is -0.0975. The highest BCUT2D eigenvalue weighted by molar-refractivity contribution is 6.09. The van der Waals surface area contributed by atoms with E-state index < -0.39 is 0 Å². The van der Waals surface area contributed by atoms with E-state index in [0.29, 0.717) is 0 Å². The number of hydrogen-bond donors (Lipinski definition) is 0. The third kappa shape index (κ3) is 4.84. The van der Waals surface area contributed by atoms with Crippen molar-refractivity contribution in [2.45, 2.75) is 31.6 Å². The maximum absolute atomic E-state index is 6.42. The first kappa shape index (κ1) is 30.6. The largest absolute Gasteiger partial charge is 0.455 e. The van der Waals surface area contributed by atoms with Crippen molar-refractivity contribution < 1.29 is 4.42 Å². The van der Waals surface area contributed by atoms with Crippen molar-refractivity contribution >= 4 is 32.7 Å². The number of hydrogen-bond acceptors (Lipinski definition) is 1. The van der Waals surface area contributed by atoms with Gasteiger partial charge in [0.2, 0.25) is 0 Å². The molecule has 248 valence electrons. The van der Waals surface area contributed by atoms with E-state index in [0.717, 1.165) is 39.5 Å². The van der Waals surface area contributed by atoms with Crippen molar-refractivity contribution in [1.82, 2.24) is 0 Å². The summed E-state index contributed by atoms with van der Waals surface area (Å²) in [5, 5.41) is 4.90. The highest BCUT2D eigenvalue weighted by atomic mass is 16.3. The predicted octanol–water partition coefficient (Wildman–Crippen LogP) is 13.8. The number of rotatable bonds is 6. The Morgan fingerprint density at radius 3 is 2.04 bits per heavy atom. The van der Waals surface area contributed by atoms with Crippen LogP contribution in [0.5, 0.6) is 0 Å². The van der Waals surface area contributed by atoms with Crippen LogP contribution in [0.3, 0.4) is 0 Å². The Balaban J connectivity index is 1.07. The van der Waals surface area contributed by atoms with Gasteiger partial charge in [0, 0.05) is 27.7 Å². The number of benzene rings is 8. The lowest BCUT2D eigenvalue weighted by Crippen LogP contribution is -2.15. The molecule has 0 aliphatic heterocycles. The van der Waals surface area contributed by atoms with E-state index in [9.17, 15) is 0 Å². The minimum Gasteiger partial charge on any atom is -0.455 e. The van der Waals surface area contributed by atoms with Crippen molar-refractivity contribution in [3.63, 3.8) is 0 Å². The molecule has 0 spiro atoms. The van der Waals surface area contributed by atoms with Gasteiger partial charge in [-0.3, -0.25) is 0 Å². The van der Waals surface area contributed by atoms with Crippen LogP contribution in [0.1, 0.15) is 47.6 Å². The molecule has 10 rings (SSSR count). The molecule has 1 aliphatic rings. The van der Waals surface area contributed by atoms with Crippen molar-refractivity contribution in [3.05, 3.63) is 204 Å². The van der Waals surface area contributed by atoms with Crippen LogP contribution in [0, 0.1) is 0 Å². The van der Waals surface area contributed by atoms with Crippen LogP contribution in [-0.4, -0.2) is 0 Å². The molecule has 9 aromatic rings. The van der Waals surface area contributed by atoms with Crippen LogP contribution in [0.25, 0.3) is 66.1 Å². The lowest BCUT2D eigenvalue weighted by molar-refractivity contribution is 0.658. The van der Waals surface area contributed by atoms with E-state index >= 15 is 0 Å². The van der Waals surface area contributed by atoms with E-state index in [1.807, 2.05) is 6.07 Å². The van der Waals surface area contributed by atoms with Crippen LogP contribution < -0.4 is 0 Å². The molecule has 8 aromatic carbocycles. The first-order valence-corrected chi connectivity index (χ1v) is 18.4. The van der Waals surface area contributed by atoms with E-state index in [-0.39, 0.29) is 11.3 Å². The standard InChI is InChI=1S/C51H38O/c1-51(2)46-23-12-19-39(35-13-4-3-5-14-35)49(46)44-30-25-33(32-47(44)51)31-45(41-21-10-16-34-15-6-7-17-38(34)41)37-28-26-36(27-29-37)40-20-11-22-43-42-18-8-9-24-48(42)52-50(40)43/h3-30,32,45H,31H2,1-2H3. The maximum Gasteiger partial charge on any atom is 0.143 e. The van der Waals surface area contributed by atoms with Gasteiger partial charge in [-0.25, -0.2) is 0 Å². The zero-order valence-electron chi connectivity index (χ0n) is 29.4. The van der Waals surface area contributed by atoms with E-state index in [1.54, 1.807) is 0 Å². The van der Waals surface area contributed by atoms with Gasteiger partial charge in [-0.15, -0.1) is 0 Å². The predicted molar refractivity (Wildman–Crippen MR) is 218 cm³/mol. The SMILES string of the molecule is CC1(C)c2cc(CC(c3ccc(-c4cccc5c4oc4ccccc45)cc3)c3cccc4ccccc34)ccc2-c2c(-c3ccccc3)cccc21. The molecule has 52 heavy (non-hydrogen) atoms. The Bertz CT molecular complexity index is 2780. The molecule has 1 atom stereocenters. The van der Waals surface area contributed by atoms with Crippen LogP contribution in [-0.2, 0) is 11.8 Å². The molecule has 1 aromatic heterocycles. The number of furan rings is 1. The second kappa shape index (κ2) is 12.0.